The van der Waals surface area contributed by atoms with Crippen molar-refractivity contribution in [2.45, 2.75) is 31.7 Å². The molecule has 3 heteroatoms. The Morgan fingerprint density at radius 1 is 1.24 bits per heavy atom. The molecule has 0 bridgehead atoms. The number of nitrogens with zero attached hydrogens (tertiary/aromatic N) is 2. The summed E-state index contributed by atoms with van der Waals surface area (Å²) in [7, 11) is 0. The molecule has 3 rings (SSSR count). The van der Waals surface area contributed by atoms with Crippen molar-refractivity contribution in [3.63, 3.8) is 0 Å². The highest BCUT2D eigenvalue weighted by atomic mass is 16.3. The van der Waals surface area contributed by atoms with Gasteiger partial charge in [0.1, 0.15) is 11.6 Å². The summed E-state index contributed by atoms with van der Waals surface area (Å²) in [6.45, 7) is 0. The molecule has 88 valence electrons. The summed E-state index contributed by atoms with van der Waals surface area (Å²) in [5.41, 5.74) is 0.988. The van der Waals surface area contributed by atoms with Crippen molar-refractivity contribution >= 4 is 0 Å². The molecular formula is C14H16N2O. The maximum atomic E-state index is 9.53. The average molecular weight is 228 g/mol. The first kappa shape index (κ1) is 10.4. The lowest BCUT2D eigenvalue weighted by molar-refractivity contribution is 0.475. The molecule has 1 aromatic heterocycles. The van der Waals surface area contributed by atoms with Crippen molar-refractivity contribution in [1.82, 2.24) is 9.55 Å². The molecule has 1 saturated carbocycles. The van der Waals surface area contributed by atoms with Crippen LogP contribution in [-0.2, 0) is 0 Å². The van der Waals surface area contributed by atoms with Crippen molar-refractivity contribution in [2.75, 3.05) is 0 Å². The van der Waals surface area contributed by atoms with Gasteiger partial charge in [-0.25, -0.2) is 4.98 Å². The molecule has 1 aliphatic carbocycles. The van der Waals surface area contributed by atoms with E-state index in [1.807, 2.05) is 18.3 Å². The number of aromatic nitrogens is 2. The first-order valence-corrected chi connectivity index (χ1v) is 6.17. The lowest BCUT2D eigenvalue weighted by Crippen LogP contribution is -2.05. The van der Waals surface area contributed by atoms with Gasteiger partial charge in [0.15, 0.2) is 0 Å². The van der Waals surface area contributed by atoms with Gasteiger partial charge in [0.05, 0.1) is 0 Å². The number of hydrogen-bond acceptors (Lipinski definition) is 2. The van der Waals surface area contributed by atoms with Gasteiger partial charge in [0.2, 0.25) is 0 Å². The predicted octanol–water partition coefficient (Wildman–Crippen LogP) is 3.37. The first-order valence-electron chi connectivity index (χ1n) is 6.17. The zero-order valence-corrected chi connectivity index (χ0v) is 9.71. The number of phenols is 1. The monoisotopic (exact) mass is 228 g/mol. The summed E-state index contributed by atoms with van der Waals surface area (Å²) in [6, 6.07) is 7.89. The number of benzene rings is 1. The third kappa shape index (κ3) is 1.93. The van der Waals surface area contributed by atoms with Crippen LogP contribution in [0, 0.1) is 0 Å². The molecule has 2 aromatic rings. The van der Waals surface area contributed by atoms with Crippen molar-refractivity contribution in [1.29, 1.82) is 0 Å². The minimum Gasteiger partial charge on any atom is -0.508 e. The average Bonchev–Trinajstić information content (AvgIpc) is 3.00. The zero-order valence-electron chi connectivity index (χ0n) is 9.71. The van der Waals surface area contributed by atoms with E-state index in [1.54, 1.807) is 12.1 Å². The third-order valence-corrected chi connectivity index (χ3v) is 3.49. The van der Waals surface area contributed by atoms with E-state index >= 15 is 0 Å². The fourth-order valence-corrected chi connectivity index (χ4v) is 2.66. The summed E-state index contributed by atoms with van der Waals surface area (Å²) >= 11 is 0. The lowest BCUT2D eigenvalue weighted by Gasteiger charge is -2.14. The highest BCUT2D eigenvalue weighted by molar-refractivity contribution is 5.58. The molecule has 0 saturated heterocycles. The Bertz CT molecular complexity index is 512. The Labute approximate surface area is 101 Å². The van der Waals surface area contributed by atoms with Crippen LogP contribution in [0.1, 0.15) is 31.7 Å². The van der Waals surface area contributed by atoms with E-state index in [2.05, 4.69) is 15.7 Å². The lowest BCUT2D eigenvalue weighted by atomic mass is 10.2. The summed E-state index contributed by atoms with van der Waals surface area (Å²) < 4.78 is 2.25. The highest BCUT2D eigenvalue weighted by Crippen LogP contribution is 2.33. The van der Waals surface area contributed by atoms with Crippen molar-refractivity contribution in [3.8, 4) is 17.1 Å². The summed E-state index contributed by atoms with van der Waals surface area (Å²) in [6.07, 6.45) is 8.99. The van der Waals surface area contributed by atoms with Crippen LogP contribution >= 0.6 is 0 Å². The molecule has 1 N–H and O–H groups in total. The molecule has 1 heterocycles. The topological polar surface area (TPSA) is 38.1 Å². The molecule has 0 atom stereocenters. The highest BCUT2D eigenvalue weighted by Gasteiger charge is 2.19. The van der Waals surface area contributed by atoms with Gasteiger partial charge in [0.25, 0.3) is 0 Å². The van der Waals surface area contributed by atoms with E-state index in [1.165, 1.54) is 25.7 Å². The van der Waals surface area contributed by atoms with Crippen molar-refractivity contribution in [3.05, 3.63) is 36.7 Å². The SMILES string of the molecule is Oc1cccc(-c2nccn2C2CCCC2)c1. The Balaban J connectivity index is 2.00. The fraction of sp³-hybridized carbons (Fsp3) is 0.357. The van der Waals surface area contributed by atoms with Gasteiger partial charge in [-0.15, -0.1) is 0 Å². The first-order chi connectivity index (χ1) is 8.34. The number of phenolic OH excluding ortho intramolecular Hbond substituents is 1. The van der Waals surface area contributed by atoms with Gasteiger partial charge >= 0.3 is 0 Å². The molecule has 0 radical (unpaired) electrons. The normalized spacial score (nSPS) is 16.5. The molecule has 0 unspecified atom stereocenters. The number of aromatic hydroxyl groups is 1. The van der Waals surface area contributed by atoms with Crippen LogP contribution in [0.3, 0.4) is 0 Å². The van der Waals surface area contributed by atoms with Crippen LogP contribution in [0.5, 0.6) is 5.75 Å². The second-order valence-corrected chi connectivity index (χ2v) is 4.65. The predicted molar refractivity (Wildman–Crippen MR) is 66.8 cm³/mol. The maximum absolute atomic E-state index is 9.53. The van der Waals surface area contributed by atoms with Crippen molar-refractivity contribution < 1.29 is 5.11 Å². The fourth-order valence-electron chi connectivity index (χ4n) is 2.66. The third-order valence-electron chi connectivity index (χ3n) is 3.49. The van der Waals surface area contributed by atoms with Gasteiger partial charge in [-0.05, 0) is 25.0 Å². The number of imidazole rings is 1. The van der Waals surface area contributed by atoms with E-state index in [-0.39, 0.29) is 0 Å². The molecule has 0 spiro atoms. The van der Waals surface area contributed by atoms with Crippen LogP contribution in [0.4, 0.5) is 0 Å². The molecule has 3 nitrogen and oxygen atoms in total. The van der Waals surface area contributed by atoms with Gasteiger partial charge in [-0.2, -0.15) is 0 Å². The van der Waals surface area contributed by atoms with E-state index in [4.69, 9.17) is 0 Å². The summed E-state index contributed by atoms with van der Waals surface area (Å²) in [5.74, 6) is 1.26. The molecular weight excluding hydrogens is 212 g/mol. The van der Waals surface area contributed by atoms with Crippen LogP contribution in [-0.4, -0.2) is 14.7 Å². The number of hydrogen-bond donors (Lipinski definition) is 1. The molecule has 0 aliphatic heterocycles. The zero-order chi connectivity index (χ0) is 11.7. The Morgan fingerprint density at radius 2 is 2.06 bits per heavy atom. The van der Waals surface area contributed by atoms with Crippen LogP contribution in [0.15, 0.2) is 36.7 Å². The Hall–Kier alpha value is -1.77. The van der Waals surface area contributed by atoms with Crippen LogP contribution in [0.25, 0.3) is 11.4 Å². The minimum absolute atomic E-state index is 0.295. The summed E-state index contributed by atoms with van der Waals surface area (Å²) in [4.78, 5) is 4.42. The standard InChI is InChI=1S/C14H16N2O/c17-13-7-3-4-11(10-13)14-15-8-9-16(14)12-5-1-2-6-12/h3-4,7-10,12,17H,1-2,5-6H2. The van der Waals surface area contributed by atoms with Gasteiger partial charge in [-0.3, -0.25) is 0 Å². The van der Waals surface area contributed by atoms with E-state index in [9.17, 15) is 5.11 Å². The van der Waals surface area contributed by atoms with Crippen LogP contribution in [0.2, 0.25) is 0 Å². The molecule has 1 aromatic carbocycles. The quantitative estimate of drug-likeness (QED) is 0.855. The largest absolute Gasteiger partial charge is 0.508 e. The second-order valence-electron chi connectivity index (χ2n) is 4.65. The molecule has 1 aliphatic rings. The second kappa shape index (κ2) is 4.24. The van der Waals surface area contributed by atoms with Gasteiger partial charge in [0, 0.05) is 24.0 Å². The van der Waals surface area contributed by atoms with E-state index in [0.717, 1.165) is 11.4 Å². The van der Waals surface area contributed by atoms with Crippen LogP contribution < -0.4 is 0 Å². The van der Waals surface area contributed by atoms with Gasteiger partial charge in [-0.1, -0.05) is 25.0 Å². The van der Waals surface area contributed by atoms with Gasteiger partial charge < -0.3 is 9.67 Å². The maximum Gasteiger partial charge on any atom is 0.140 e. The Morgan fingerprint density at radius 3 is 2.82 bits per heavy atom. The molecule has 1 fully saturated rings. The molecule has 17 heavy (non-hydrogen) atoms. The van der Waals surface area contributed by atoms with E-state index < -0.39 is 0 Å². The smallest absolute Gasteiger partial charge is 0.140 e. The minimum atomic E-state index is 0.295. The van der Waals surface area contributed by atoms with E-state index in [0.29, 0.717) is 11.8 Å². The number of rotatable bonds is 2. The van der Waals surface area contributed by atoms with Crippen molar-refractivity contribution in [2.24, 2.45) is 0 Å². The molecule has 0 amide bonds. The summed E-state index contributed by atoms with van der Waals surface area (Å²) in [5, 5.41) is 9.53. The Kier molecular flexibility index (Phi) is 2.59.